The van der Waals surface area contributed by atoms with Crippen molar-refractivity contribution in [3.8, 4) is 0 Å². The van der Waals surface area contributed by atoms with E-state index in [1.807, 2.05) is 19.2 Å². The average Bonchev–Trinajstić information content (AvgIpc) is 2.85. The smallest absolute Gasteiger partial charge is 0.315 e. The fourth-order valence-electron chi connectivity index (χ4n) is 1.95. The first-order chi connectivity index (χ1) is 9.70. The molecular weight excluding hydrogens is 286 g/mol. The summed E-state index contributed by atoms with van der Waals surface area (Å²) in [6.45, 7) is 10.5. The van der Waals surface area contributed by atoms with Gasteiger partial charge in [-0.25, -0.2) is 9.78 Å². The van der Waals surface area contributed by atoms with Crippen molar-refractivity contribution >= 4 is 17.4 Å². The number of aliphatic hydroxyl groups is 1. The highest BCUT2D eigenvalue weighted by Gasteiger charge is 2.24. The van der Waals surface area contributed by atoms with Crippen LogP contribution in [0.25, 0.3) is 0 Å². The van der Waals surface area contributed by atoms with Crippen LogP contribution in [0.1, 0.15) is 58.2 Å². The fraction of sp³-hybridized carbons (Fsp3) is 0.733. The molecule has 6 heteroatoms. The number of aromatic nitrogens is 1. The number of carbonyl (C=O) groups is 1. The third-order valence-electron chi connectivity index (χ3n) is 3.19. The second kappa shape index (κ2) is 7.22. The highest BCUT2D eigenvalue weighted by atomic mass is 32.1. The Hall–Kier alpha value is -1.14. The highest BCUT2D eigenvalue weighted by molar-refractivity contribution is 7.09. The Kier molecular flexibility index (Phi) is 6.16. The zero-order chi connectivity index (χ0) is 16.1. The first kappa shape index (κ1) is 17.9. The van der Waals surface area contributed by atoms with Crippen LogP contribution in [0, 0.1) is 0 Å². The van der Waals surface area contributed by atoms with Gasteiger partial charge in [-0.15, -0.1) is 11.3 Å². The van der Waals surface area contributed by atoms with Crippen LogP contribution in [0.4, 0.5) is 4.79 Å². The summed E-state index contributed by atoms with van der Waals surface area (Å²) in [7, 11) is 0. The summed E-state index contributed by atoms with van der Waals surface area (Å²) in [6.07, 6.45) is 1.64. The predicted octanol–water partition coefficient (Wildman–Crippen LogP) is 2.79. The van der Waals surface area contributed by atoms with Gasteiger partial charge in [-0.3, -0.25) is 0 Å². The number of carbonyl (C=O) groups excluding carboxylic acids is 1. The molecule has 1 heterocycles. The van der Waals surface area contributed by atoms with Gasteiger partial charge in [0.1, 0.15) is 0 Å². The van der Waals surface area contributed by atoms with Crippen molar-refractivity contribution in [2.45, 2.75) is 65.0 Å². The number of nitrogens with zero attached hydrogens (tertiary/aromatic N) is 1. The number of nitrogens with one attached hydrogen (secondary N) is 2. The number of aliphatic hydroxyl groups excluding tert-OH is 1. The Balaban J connectivity index is 2.51. The number of rotatable bonds is 6. The summed E-state index contributed by atoms with van der Waals surface area (Å²) >= 11 is 1.61. The quantitative estimate of drug-likeness (QED) is 0.756. The Morgan fingerprint density at radius 2 is 2.05 bits per heavy atom. The van der Waals surface area contributed by atoms with Crippen molar-refractivity contribution in [3.63, 3.8) is 0 Å². The SMILES string of the molecule is CCCC(C)(CO)NC(=O)NCc1csc(C(C)(C)C)n1. The Labute approximate surface area is 131 Å². The predicted molar refractivity (Wildman–Crippen MR) is 86.6 cm³/mol. The van der Waals surface area contributed by atoms with E-state index in [4.69, 9.17) is 0 Å². The molecule has 0 saturated heterocycles. The molecule has 0 aromatic carbocycles. The molecule has 0 aliphatic rings. The monoisotopic (exact) mass is 313 g/mol. The first-order valence-electron chi connectivity index (χ1n) is 7.32. The molecular formula is C15H27N3O2S. The van der Waals surface area contributed by atoms with Gasteiger partial charge in [-0.2, -0.15) is 0 Å². The minimum atomic E-state index is -0.572. The third kappa shape index (κ3) is 5.63. The van der Waals surface area contributed by atoms with E-state index in [2.05, 4.69) is 36.4 Å². The van der Waals surface area contributed by atoms with Crippen molar-refractivity contribution in [2.75, 3.05) is 6.61 Å². The van der Waals surface area contributed by atoms with Crippen LogP contribution in [0.2, 0.25) is 0 Å². The van der Waals surface area contributed by atoms with Gasteiger partial charge < -0.3 is 15.7 Å². The van der Waals surface area contributed by atoms with E-state index in [1.54, 1.807) is 11.3 Å². The molecule has 0 radical (unpaired) electrons. The van der Waals surface area contributed by atoms with Gasteiger partial charge >= 0.3 is 6.03 Å². The second-order valence-corrected chi connectivity index (χ2v) is 7.53. The van der Waals surface area contributed by atoms with Gasteiger partial charge in [0.15, 0.2) is 0 Å². The van der Waals surface area contributed by atoms with Gasteiger partial charge in [0.25, 0.3) is 0 Å². The molecule has 1 aromatic heterocycles. The highest BCUT2D eigenvalue weighted by Crippen LogP contribution is 2.25. The number of thiazole rings is 1. The van der Waals surface area contributed by atoms with Crippen LogP contribution >= 0.6 is 11.3 Å². The fourth-order valence-corrected chi connectivity index (χ4v) is 2.86. The topological polar surface area (TPSA) is 74.2 Å². The molecule has 3 N–H and O–H groups in total. The van der Waals surface area contributed by atoms with Crippen molar-refractivity contribution in [3.05, 3.63) is 16.1 Å². The maximum atomic E-state index is 11.9. The molecule has 1 aromatic rings. The Morgan fingerprint density at radius 1 is 1.38 bits per heavy atom. The van der Waals surface area contributed by atoms with Crippen LogP contribution in [-0.4, -0.2) is 28.3 Å². The number of hydrogen-bond donors (Lipinski definition) is 3. The number of amides is 2. The zero-order valence-electron chi connectivity index (χ0n) is 13.6. The van der Waals surface area contributed by atoms with Crippen molar-refractivity contribution < 1.29 is 9.90 Å². The van der Waals surface area contributed by atoms with E-state index in [-0.39, 0.29) is 18.1 Å². The van der Waals surface area contributed by atoms with Gasteiger partial charge in [-0.1, -0.05) is 34.1 Å². The van der Waals surface area contributed by atoms with Crippen LogP contribution < -0.4 is 10.6 Å². The van der Waals surface area contributed by atoms with Crippen LogP contribution in [-0.2, 0) is 12.0 Å². The molecule has 1 unspecified atom stereocenters. The molecule has 5 nitrogen and oxygen atoms in total. The molecule has 1 atom stereocenters. The minimum absolute atomic E-state index is 0.0295. The third-order valence-corrected chi connectivity index (χ3v) is 4.51. The van der Waals surface area contributed by atoms with E-state index in [0.29, 0.717) is 6.54 Å². The molecule has 0 spiro atoms. The van der Waals surface area contributed by atoms with E-state index < -0.39 is 5.54 Å². The summed E-state index contributed by atoms with van der Waals surface area (Å²) < 4.78 is 0. The van der Waals surface area contributed by atoms with Crippen LogP contribution in [0.15, 0.2) is 5.38 Å². The summed E-state index contributed by atoms with van der Waals surface area (Å²) in [5.41, 5.74) is 0.320. The summed E-state index contributed by atoms with van der Waals surface area (Å²) in [5, 5.41) is 18.0. The molecule has 0 fully saturated rings. The summed E-state index contributed by atoms with van der Waals surface area (Å²) in [5.74, 6) is 0. The molecule has 2 amide bonds. The largest absolute Gasteiger partial charge is 0.394 e. The molecule has 0 aliphatic heterocycles. The molecule has 21 heavy (non-hydrogen) atoms. The molecule has 120 valence electrons. The van der Waals surface area contributed by atoms with Crippen molar-refractivity contribution in [1.29, 1.82) is 0 Å². The van der Waals surface area contributed by atoms with E-state index >= 15 is 0 Å². The molecule has 1 rings (SSSR count). The summed E-state index contributed by atoms with van der Waals surface area (Å²) in [6, 6.07) is -0.273. The first-order valence-corrected chi connectivity index (χ1v) is 8.20. The van der Waals surface area contributed by atoms with Gasteiger partial charge in [0.05, 0.1) is 29.4 Å². The maximum Gasteiger partial charge on any atom is 0.315 e. The van der Waals surface area contributed by atoms with Crippen LogP contribution in [0.5, 0.6) is 0 Å². The maximum absolute atomic E-state index is 11.9. The molecule has 0 aliphatic carbocycles. The minimum Gasteiger partial charge on any atom is -0.394 e. The van der Waals surface area contributed by atoms with E-state index in [0.717, 1.165) is 23.5 Å². The number of hydrogen-bond acceptors (Lipinski definition) is 4. The second-order valence-electron chi connectivity index (χ2n) is 6.67. The Bertz CT molecular complexity index is 468. The van der Waals surface area contributed by atoms with Crippen molar-refractivity contribution in [2.24, 2.45) is 0 Å². The van der Waals surface area contributed by atoms with Crippen LogP contribution in [0.3, 0.4) is 0 Å². The van der Waals surface area contributed by atoms with E-state index in [9.17, 15) is 9.90 Å². The normalized spacial score (nSPS) is 14.6. The standard InChI is InChI=1S/C15H27N3O2S/c1-6-7-15(5,10-19)18-13(20)16-8-11-9-21-12(17-11)14(2,3)4/h9,19H,6-8,10H2,1-5H3,(H2,16,18,20). The van der Waals surface area contributed by atoms with E-state index in [1.165, 1.54) is 0 Å². The summed E-state index contributed by atoms with van der Waals surface area (Å²) in [4.78, 5) is 16.4. The average molecular weight is 313 g/mol. The van der Waals surface area contributed by atoms with Gasteiger partial charge in [0, 0.05) is 10.8 Å². The zero-order valence-corrected chi connectivity index (χ0v) is 14.4. The lowest BCUT2D eigenvalue weighted by Crippen LogP contribution is -2.52. The van der Waals surface area contributed by atoms with Crippen molar-refractivity contribution in [1.82, 2.24) is 15.6 Å². The Morgan fingerprint density at radius 3 is 2.52 bits per heavy atom. The molecule has 0 saturated carbocycles. The van der Waals surface area contributed by atoms with Gasteiger partial charge in [0.2, 0.25) is 0 Å². The lowest BCUT2D eigenvalue weighted by Gasteiger charge is -2.28. The molecule has 0 bridgehead atoms. The van der Waals surface area contributed by atoms with Gasteiger partial charge in [-0.05, 0) is 13.3 Å². The lowest BCUT2D eigenvalue weighted by atomic mass is 9.98. The number of urea groups is 1. The lowest BCUT2D eigenvalue weighted by molar-refractivity contribution is 0.163.